The average molecular weight is 412 g/mol. The highest BCUT2D eigenvalue weighted by Gasteiger charge is 2.18. The van der Waals surface area contributed by atoms with Gasteiger partial charge < -0.3 is 14.5 Å². The number of thioether (sulfide) groups is 1. The molecular formula is C22H25N3O3S. The van der Waals surface area contributed by atoms with E-state index >= 15 is 0 Å². The van der Waals surface area contributed by atoms with Crippen LogP contribution >= 0.6 is 11.8 Å². The summed E-state index contributed by atoms with van der Waals surface area (Å²) in [6.45, 7) is 6.49. The zero-order chi connectivity index (χ0) is 20.8. The van der Waals surface area contributed by atoms with E-state index in [9.17, 15) is 4.79 Å². The van der Waals surface area contributed by atoms with Crippen molar-refractivity contribution in [2.45, 2.75) is 37.7 Å². The molecule has 1 heterocycles. The molecule has 6 nitrogen and oxygen atoms in total. The summed E-state index contributed by atoms with van der Waals surface area (Å²) in [5, 5.41) is 11.2. The molecule has 0 fully saturated rings. The first-order valence-electron chi connectivity index (χ1n) is 9.44. The molecule has 0 aliphatic rings. The molecule has 0 aliphatic heterocycles. The van der Waals surface area contributed by atoms with Crippen LogP contribution in [-0.2, 0) is 11.2 Å². The van der Waals surface area contributed by atoms with E-state index in [-0.39, 0.29) is 11.2 Å². The van der Waals surface area contributed by atoms with Crippen LogP contribution in [0.5, 0.6) is 5.75 Å². The van der Waals surface area contributed by atoms with Crippen molar-refractivity contribution in [1.82, 2.24) is 15.5 Å². The molecule has 0 bridgehead atoms. The summed E-state index contributed by atoms with van der Waals surface area (Å²) in [7, 11) is 1.64. The molecule has 0 saturated carbocycles. The number of nitrogens with zero attached hydrogens (tertiary/aromatic N) is 2. The van der Waals surface area contributed by atoms with E-state index < -0.39 is 0 Å². The number of hydrogen-bond acceptors (Lipinski definition) is 6. The fourth-order valence-corrected chi connectivity index (χ4v) is 3.43. The Morgan fingerprint density at radius 3 is 2.59 bits per heavy atom. The lowest BCUT2D eigenvalue weighted by Gasteiger charge is -2.10. The van der Waals surface area contributed by atoms with Crippen LogP contribution in [0.2, 0.25) is 0 Å². The van der Waals surface area contributed by atoms with Crippen molar-refractivity contribution in [1.29, 1.82) is 0 Å². The SMILES string of the molecule is COc1ccc(CCNC(=O)[C@H](C)Sc2nnc(-c3ccc(C)c(C)c3)o2)cc1. The second-order valence-electron chi connectivity index (χ2n) is 6.82. The molecule has 2 aromatic carbocycles. The molecule has 7 heteroatoms. The normalized spacial score (nSPS) is 11.9. The van der Waals surface area contributed by atoms with Gasteiger partial charge >= 0.3 is 0 Å². The van der Waals surface area contributed by atoms with Crippen molar-refractivity contribution in [3.63, 3.8) is 0 Å². The predicted molar refractivity (Wildman–Crippen MR) is 114 cm³/mol. The van der Waals surface area contributed by atoms with Crippen LogP contribution in [0.15, 0.2) is 52.1 Å². The summed E-state index contributed by atoms with van der Waals surface area (Å²) in [5.74, 6) is 1.22. The zero-order valence-electron chi connectivity index (χ0n) is 17.1. The van der Waals surface area contributed by atoms with Gasteiger partial charge in [-0.05, 0) is 68.1 Å². The van der Waals surface area contributed by atoms with Gasteiger partial charge in [-0.3, -0.25) is 4.79 Å². The molecule has 1 atom stereocenters. The van der Waals surface area contributed by atoms with Gasteiger partial charge in [-0.2, -0.15) is 0 Å². The van der Waals surface area contributed by atoms with Gasteiger partial charge in [0.05, 0.1) is 12.4 Å². The molecule has 1 N–H and O–H groups in total. The molecule has 0 saturated heterocycles. The van der Waals surface area contributed by atoms with Gasteiger partial charge in [-0.15, -0.1) is 10.2 Å². The molecule has 29 heavy (non-hydrogen) atoms. The highest BCUT2D eigenvalue weighted by Crippen LogP contribution is 2.27. The maximum Gasteiger partial charge on any atom is 0.277 e. The molecule has 1 aromatic heterocycles. The van der Waals surface area contributed by atoms with E-state index in [0.717, 1.165) is 23.3 Å². The number of aromatic nitrogens is 2. The highest BCUT2D eigenvalue weighted by molar-refractivity contribution is 8.00. The van der Waals surface area contributed by atoms with E-state index in [1.807, 2.05) is 56.3 Å². The van der Waals surface area contributed by atoms with Gasteiger partial charge in [0.2, 0.25) is 11.8 Å². The minimum absolute atomic E-state index is 0.0607. The largest absolute Gasteiger partial charge is 0.497 e. The maximum absolute atomic E-state index is 12.4. The monoisotopic (exact) mass is 411 g/mol. The predicted octanol–water partition coefficient (Wildman–Crippen LogP) is 4.20. The topological polar surface area (TPSA) is 77.2 Å². The van der Waals surface area contributed by atoms with Gasteiger partial charge in [0.1, 0.15) is 5.75 Å². The molecule has 1 amide bonds. The number of nitrogens with one attached hydrogen (secondary N) is 1. The maximum atomic E-state index is 12.4. The lowest BCUT2D eigenvalue weighted by Crippen LogP contribution is -2.32. The minimum atomic E-state index is -0.334. The quantitative estimate of drug-likeness (QED) is 0.560. The average Bonchev–Trinajstić information content (AvgIpc) is 3.19. The summed E-state index contributed by atoms with van der Waals surface area (Å²) < 4.78 is 10.9. The number of methoxy groups -OCH3 is 1. The van der Waals surface area contributed by atoms with Gasteiger partial charge in [0.15, 0.2) is 0 Å². The number of ether oxygens (including phenoxy) is 1. The number of carbonyl (C=O) groups is 1. The summed E-state index contributed by atoms with van der Waals surface area (Å²) in [6, 6.07) is 13.8. The Morgan fingerprint density at radius 1 is 1.14 bits per heavy atom. The molecule has 152 valence electrons. The van der Waals surface area contributed by atoms with Crippen molar-refractivity contribution in [2.75, 3.05) is 13.7 Å². The van der Waals surface area contributed by atoms with Gasteiger partial charge in [-0.1, -0.05) is 30.0 Å². The Balaban J connectivity index is 1.50. The van der Waals surface area contributed by atoms with Crippen LogP contribution in [0.25, 0.3) is 11.5 Å². The fourth-order valence-electron chi connectivity index (χ4n) is 2.72. The second-order valence-corrected chi connectivity index (χ2v) is 8.11. The molecule has 0 spiro atoms. The number of amides is 1. The minimum Gasteiger partial charge on any atom is -0.497 e. The number of benzene rings is 2. The second kappa shape index (κ2) is 9.60. The van der Waals surface area contributed by atoms with E-state index in [0.29, 0.717) is 17.7 Å². The first kappa shape index (κ1) is 20.9. The van der Waals surface area contributed by atoms with E-state index in [2.05, 4.69) is 22.4 Å². The summed E-state index contributed by atoms with van der Waals surface area (Å²) >= 11 is 1.26. The summed E-state index contributed by atoms with van der Waals surface area (Å²) in [5.41, 5.74) is 4.40. The first-order chi connectivity index (χ1) is 14.0. The molecule has 3 aromatic rings. The van der Waals surface area contributed by atoms with Crippen LogP contribution in [-0.4, -0.2) is 35.0 Å². The van der Waals surface area contributed by atoms with E-state index in [1.165, 1.54) is 22.9 Å². The number of aryl methyl sites for hydroxylation is 2. The first-order valence-corrected chi connectivity index (χ1v) is 10.3. The molecule has 0 aliphatic carbocycles. The lowest BCUT2D eigenvalue weighted by atomic mass is 10.1. The van der Waals surface area contributed by atoms with Crippen molar-refractivity contribution in [2.24, 2.45) is 0 Å². The summed E-state index contributed by atoms with van der Waals surface area (Å²) in [4.78, 5) is 12.4. The van der Waals surface area contributed by atoms with Crippen LogP contribution in [0.4, 0.5) is 0 Å². The Morgan fingerprint density at radius 2 is 1.90 bits per heavy atom. The van der Waals surface area contributed by atoms with Crippen molar-refractivity contribution in [3.8, 4) is 17.2 Å². The van der Waals surface area contributed by atoms with E-state index in [1.54, 1.807) is 7.11 Å². The Hall–Kier alpha value is -2.80. The lowest BCUT2D eigenvalue weighted by molar-refractivity contribution is -0.120. The van der Waals surface area contributed by atoms with Crippen molar-refractivity contribution >= 4 is 17.7 Å². The smallest absolute Gasteiger partial charge is 0.277 e. The summed E-state index contributed by atoms with van der Waals surface area (Å²) in [6.07, 6.45) is 0.755. The van der Waals surface area contributed by atoms with Gasteiger partial charge in [0, 0.05) is 12.1 Å². The molecule has 0 unspecified atom stereocenters. The van der Waals surface area contributed by atoms with Gasteiger partial charge in [-0.25, -0.2) is 0 Å². The number of carbonyl (C=O) groups excluding carboxylic acids is 1. The Kier molecular flexibility index (Phi) is 6.93. The number of rotatable bonds is 8. The third-order valence-electron chi connectivity index (χ3n) is 4.68. The van der Waals surface area contributed by atoms with Crippen molar-refractivity contribution in [3.05, 3.63) is 59.2 Å². The van der Waals surface area contributed by atoms with Crippen molar-refractivity contribution < 1.29 is 13.9 Å². The van der Waals surface area contributed by atoms with Gasteiger partial charge in [0.25, 0.3) is 5.22 Å². The highest BCUT2D eigenvalue weighted by atomic mass is 32.2. The molecular weight excluding hydrogens is 386 g/mol. The number of hydrogen-bond donors (Lipinski definition) is 1. The van der Waals surface area contributed by atoms with Crippen LogP contribution < -0.4 is 10.1 Å². The van der Waals surface area contributed by atoms with Crippen LogP contribution in [0.1, 0.15) is 23.6 Å². The Labute approximate surface area is 175 Å². The fraction of sp³-hybridized carbons (Fsp3) is 0.318. The van der Waals surface area contributed by atoms with Crippen LogP contribution in [0.3, 0.4) is 0 Å². The molecule has 0 radical (unpaired) electrons. The third kappa shape index (κ3) is 5.60. The standard InChI is InChI=1S/C22H25N3O3S/c1-14-5-8-18(13-15(14)2)21-24-25-22(28-21)29-16(3)20(26)23-12-11-17-6-9-19(27-4)10-7-17/h5-10,13,16H,11-12H2,1-4H3,(H,23,26)/t16-/m0/s1. The van der Waals surface area contributed by atoms with Crippen LogP contribution in [0, 0.1) is 13.8 Å². The zero-order valence-corrected chi connectivity index (χ0v) is 17.9. The Bertz CT molecular complexity index is 970. The van der Waals surface area contributed by atoms with E-state index in [4.69, 9.17) is 9.15 Å². The molecule has 3 rings (SSSR count). The third-order valence-corrected chi connectivity index (χ3v) is 5.61.